The molecule has 2 amide bonds. The minimum Gasteiger partial charge on any atom is -0.340 e. The summed E-state index contributed by atoms with van der Waals surface area (Å²) in [6, 6.07) is 10.1. The van der Waals surface area contributed by atoms with E-state index in [0.29, 0.717) is 38.1 Å². The molecule has 146 valence electrons. The summed E-state index contributed by atoms with van der Waals surface area (Å²) in [6.07, 6.45) is 2.37. The summed E-state index contributed by atoms with van der Waals surface area (Å²) < 4.78 is 14.0. The van der Waals surface area contributed by atoms with E-state index in [4.69, 9.17) is 11.6 Å². The van der Waals surface area contributed by atoms with E-state index in [-0.39, 0.29) is 11.7 Å². The summed E-state index contributed by atoms with van der Waals surface area (Å²) in [4.78, 5) is 29.6. The average molecular weight is 438 g/mol. The van der Waals surface area contributed by atoms with Crippen molar-refractivity contribution in [3.8, 4) is 0 Å². The summed E-state index contributed by atoms with van der Waals surface area (Å²) in [7, 11) is 0. The van der Waals surface area contributed by atoms with Gasteiger partial charge in [-0.2, -0.15) is 11.8 Å². The first-order valence-corrected chi connectivity index (χ1v) is 11.0. The van der Waals surface area contributed by atoms with Crippen LogP contribution in [0.1, 0.15) is 16.8 Å². The third-order valence-corrected chi connectivity index (χ3v) is 5.84. The van der Waals surface area contributed by atoms with Crippen LogP contribution in [0.2, 0.25) is 5.02 Å². The van der Waals surface area contributed by atoms with Gasteiger partial charge in [0.15, 0.2) is 5.13 Å². The summed E-state index contributed by atoms with van der Waals surface area (Å²) in [5, 5.41) is 6.13. The number of anilines is 1. The lowest BCUT2D eigenvalue weighted by atomic mass is 10.1. The highest BCUT2D eigenvalue weighted by Crippen LogP contribution is 2.26. The highest BCUT2D eigenvalue weighted by atomic mass is 35.5. The molecular weight excluding hydrogens is 421 g/mol. The van der Waals surface area contributed by atoms with Crippen molar-refractivity contribution in [1.82, 2.24) is 10.3 Å². The fourth-order valence-corrected chi connectivity index (χ4v) is 4.12. The molecular formula is C19H17ClFN3O2S2. The Hall–Kier alpha value is -2.16. The van der Waals surface area contributed by atoms with Crippen LogP contribution in [-0.2, 0) is 4.79 Å². The van der Waals surface area contributed by atoms with Crippen molar-refractivity contribution in [2.24, 2.45) is 0 Å². The normalized spacial score (nSPS) is 12.0. The largest absolute Gasteiger partial charge is 0.340 e. The van der Waals surface area contributed by atoms with Crippen LogP contribution >= 0.6 is 34.7 Å². The number of thiazole rings is 1. The molecule has 3 aromatic rings. The van der Waals surface area contributed by atoms with Gasteiger partial charge in [-0.05, 0) is 48.8 Å². The van der Waals surface area contributed by atoms with E-state index in [9.17, 15) is 14.0 Å². The lowest BCUT2D eigenvalue weighted by Gasteiger charge is -2.17. The Balaban J connectivity index is 1.75. The summed E-state index contributed by atoms with van der Waals surface area (Å²) in [5.74, 6) is -0.475. The zero-order valence-corrected chi connectivity index (χ0v) is 17.3. The number of benzene rings is 2. The molecule has 0 radical (unpaired) electrons. The van der Waals surface area contributed by atoms with Crippen LogP contribution in [0, 0.1) is 5.82 Å². The van der Waals surface area contributed by atoms with Crippen molar-refractivity contribution >= 4 is 61.9 Å². The molecule has 0 aliphatic carbocycles. The molecule has 0 aliphatic rings. The van der Waals surface area contributed by atoms with Gasteiger partial charge >= 0.3 is 0 Å². The van der Waals surface area contributed by atoms with Gasteiger partial charge in [-0.25, -0.2) is 9.37 Å². The van der Waals surface area contributed by atoms with Crippen LogP contribution in [0.4, 0.5) is 9.52 Å². The number of hydrogen-bond donors (Lipinski definition) is 2. The van der Waals surface area contributed by atoms with E-state index in [1.807, 2.05) is 6.26 Å². The third kappa shape index (κ3) is 5.01. The molecule has 2 N–H and O–H groups in total. The lowest BCUT2D eigenvalue weighted by Crippen LogP contribution is -2.44. The Bertz CT molecular complexity index is 1010. The van der Waals surface area contributed by atoms with E-state index in [1.165, 1.54) is 23.5 Å². The van der Waals surface area contributed by atoms with Gasteiger partial charge in [-0.15, -0.1) is 0 Å². The van der Waals surface area contributed by atoms with Crippen molar-refractivity contribution in [1.29, 1.82) is 0 Å². The number of nitrogens with one attached hydrogen (secondary N) is 2. The van der Waals surface area contributed by atoms with Crippen LogP contribution in [0.3, 0.4) is 0 Å². The standard InChI is InChI=1S/C19H17ClFN3O2S2/c1-27-9-8-15(22-17(25)12-4-2-3-5-13(12)20)18(26)24-19-23-14-7-6-11(21)10-16(14)28-19/h2-7,10,15H,8-9H2,1H3,(H,22,25)(H,23,24,26)/t15-/m0/s1. The van der Waals surface area contributed by atoms with Crippen LogP contribution in [0.25, 0.3) is 10.2 Å². The molecule has 3 rings (SSSR count). The number of halogens is 2. The first-order chi connectivity index (χ1) is 13.5. The molecule has 0 spiro atoms. The minimum absolute atomic E-state index is 0.307. The van der Waals surface area contributed by atoms with Gasteiger partial charge in [0, 0.05) is 0 Å². The second kappa shape index (κ2) is 9.36. The number of thioether (sulfide) groups is 1. The minimum atomic E-state index is -0.750. The van der Waals surface area contributed by atoms with Gasteiger partial charge in [0.1, 0.15) is 11.9 Å². The van der Waals surface area contributed by atoms with Crippen molar-refractivity contribution in [3.63, 3.8) is 0 Å². The average Bonchev–Trinajstić information content (AvgIpc) is 3.06. The van der Waals surface area contributed by atoms with E-state index in [1.54, 1.807) is 42.1 Å². The molecule has 1 atom stereocenters. The zero-order valence-electron chi connectivity index (χ0n) is 14.9. The summed E-state index contributed by atoms with van der Waals surface area (Å²) in [6.45, 7) is 0. The smallest absolute Gasteiger partial charge is 0.253 e. The zero-order chi connectivity index (χ0) is 20.1. The molecule has 0 fully saturated rings. The fraction of sp³-hybridized carbons (Fsp3) is 0.211. The number of fused-ring (bicyclic) bond motifs is 1. The molecule has 0 saturated heterocycles. The monoisotopic (exact) mass is 437 g/mol. The van der Waals surface area contributed by atoms with Crippen molar-refractivity contribution in [2.45, 2.75) is 12.5 Å². The molecule has 5 nitrogen and oxygen atoms in total. The number of carbonyl (C=O) groups excluding carboxylic acids is 2. The molecule has 9 heteroatoms. The fourth-order valence-electron chi connectivity index (χ4n) is 2.53. The number of hydrogen-bond acceptors (Lipinski definition) is 5. The van der Waals surface area contributed by atoms with Gasteiger partial charge in [0.2, 0.25) is 5.91 Å². The van der Waals surface area contributed by atoms with Gasteiger partial charge < -0.3 is 10.6 Å². The molecule has 0 saturated carbocycles. The lowest BCUT2D eigenvalue weighted by molar-refractivity contribution is -0.118. The highest BCUT2D eigenvalue weighted by molar-refractivity contribution is 7.98. The maximum atomic E-state index is 13.3. The molecule has 0 bridgehead atoms. The molecule has 0 unspecified atom stereocenters. The first kappa shape index (κ1) is 20.6. The molecule has 0 aliphatic heterocycles. The Morgan fingerprint density at radius 3 is 2.82 bits per heavy atom. The molecule has 1 heterocycles. The predicted octanol–water partition coefficient (Wildman–Crippen LogP) is 4.58. The van der Waals surface area contributed by atoms with E-state index in [2.05, 4.69) is 15.6 Å². The van der Waals surface area contributed by atoms with Crippen LogP contribution < -0.4 is 10.6 Å². The maximum Gasteiger partial charge on any atom is 0.253 e. The number of nitrogens with zero attached hydrogens (tertiary/aromatic N) is 1. The highest BCUT2D eigenvalue weighted by Gasteiger charge is 2.23. The number of amides is 2. The van der Waals surface area contributed by atoms with Gasteiger partial charge in [-0.3, -0.25) is 9.59 Å². The van der Waals surface area contributed by atoms with E-state index in [0.717, 1.165) is 0 Å². The Kier molecular flexibility index (Phi) is 6.88. The Labute approximate surface area is 174 Å². The number of carbonyl (C=O) groups is 2. The van der Waals surface area contributed by atoms with E-state index < -0.39 is 11.9 Å². The SMILES string of the molecule is CSCC[C@H](NC(=O)c1ccccc1Cl)C(=O)Nc1nc2ccc(F)cc2s1. The first-order valence-electron chi connectivity index (χ1n) is 8.39. The Morgan fingerprint density at radius 2 is 2.07 bits per heavy atom. The van der Waals surface area contributed by atoms with Gasteiger partial charge in [-0.1, -0.05) is 35.1 Å². The van der Waals surface area contributed by atoms with Crippen LogP contribution in [0.5, 0.6) is 0 Å². The van der Waals surface area contributed by atoms with Crippen molar-refractivity contribution in [2.75, 3.05) is 17.3 Å². The quantitative estimate of drug-likeness (QED) is 0.567. The summed E-state index contributed by atoms with van der Waals surface area (Å²) in [5.41, 5.74) is 0.907. The van der Waals surface area contributed by atoms with Crippen LogP contribution in [0.15, 0.2) is 42.5 Å². The van der Waals surface area contributed by atoms with Gasteiger partial charge in [0.05, 0.1) is 20.8 Å². The third-order valence-electron chi connectivity index (χ3n) is 3.93. The number of rotatable bonds is 7. The topological polar surface area (TPSA) is 71.1 Å². The maximum absolute atomic E-state index is 13.3. The molecule has 1 aromatic heterocycles. The second-order valence-electron chi connectivity index (χ2n) is 5.91. The molecule has 28 heavy (non-hydrogen) atoms. The van der Waals surface area contributed by atoms with E-state index >= 15 is 0 Å². The predicted molar refractivity (Wildman–Crippen MR) is 114 cm³/mol. The summed E-state index contributed by atoms with van der Waals surface area (Å²) >= 11 is 8.82. The van der Waals surface area contributed by atoms with Gasteiger partial charge in [0.25, 0.3) is 5.91 Å². The second-order valence-corrected chi connectivity index (χ2v) is 8.33. The van der Waals surface area contributed by atoms with Crippen LogP contribution in [-0.4, -0.2) is 34.8 Å². The van der Waals surface area contributed by atoms with Crippen molar-refractivity contribution in [3.05, 3.63) is 58.9 Å². The number of aromatic nitrogens is 1. The Morgan fingerprint density at radius 1 is 1.29 bits per heavy atom. The van der Waals surface area contributed by atoms with Crippen molar-refractivity contribution < 1.29 is 14.0 Å². The molecule has 2 aromatic carbocycles.